The van der Waals surface area contributed by atoms with Gasteiger partial charge >= 0.3 is 6.03 Å². The van der Waals surface area contributed by atoms with E-state index in [-0.39, 0.29) is 42.3 Å². The molecule has 3 rings (SSSR count). The molecule has 0 saturated carbocycles. The van der Waals surface area contributed by atoms with Gasteiger partial charge in [0, 0.05) is 31.2 Å². The number of nitrogens with one attached hydrogen (secondary N) is 1. The summed E-state index contributed by atoms with van der Waals surface area (Å²) in [6.45, 7) is 5.47. The van der Waals surface area contributed by atoms with Crippen LogP contribution in [-0.4, -0.2) is 74.8 Å². The molecule has 0 spiro atoms. The number of aliphatic hydroxyl groups excluding tert-OH is 1. The number of carbonyl (C=O) groups excluding carboxylic acids is 1. The molecule has 0 aliphatic carbocycles. The lowest BCUT2D eigenvalue weighted by atomic mass is 10.0. The number of anilines is 1. The van der Waals surface area contributed by atoms with Crippen molar-refractivity contribution in [3.05, 3.63) is 54.1 Å². The minimum absolute atomic E-state index is 0.0401. The molecule has 196 valence electrons. The second-order valence-corrected chi connectivity index (χ2v) is 10.8. The zero-order valence-corrected chi connectivity index (χ0v) is 22.2. The maximum Gasteiger partial charge on any atom is 0.321 e. The van der Waals surface area contributed by atoms with Gasteiger partial charge in [-0.3, -0.25) is 0 Å². The van der Waals surface area contributed by atoms with Crippen LogP contribution in [0.25, 0.3) is 6.08 Å². The number of benzene rings is 2. The molecule has 2 aromatic rings. The van der Waals surface area contributed by atoms with Gasteiger partial charge in [-0.2, -0.15) is 4.31 Å². The number of likely N-dealkylation sites (N-methyl/N-ethyl adjacent to an activating group) is 1. The number of nitrogens with zero attached hydrogens (tertiary/aromatic N) is 2. The van der Waals surface area contributed by atoms with Crippen molar-refractivity contribution in [3.8, 4) is 11.5 Å². The summed E-state index contributed by atoms with van der Waals surface area (Å²) >= 11 is 0. The molecule has 0 unspecified atom stereocenters. The van der Waals surface area contributed by atoms with Crippen LogP contribution in [0.5, 0.6) is 11.5 Å². The van der Waals surface area contributed by atoms with E-state index in [9.17, 15) is 18.3 Å². The molecule has 10 heteroatoms. The lowest BCUT2D eigenvalue weighted by Gasteiger charge is -2.37. The van der Waals surface area contributed by atoms with Gasteiger partial charge in [-0.1, -0.05) is 25.1 Å². The van der Waals surface area contributed by atoms with E-state index >= 15 is 0 Å². The Morgan fingerprint density at radius 2 is 2.00 bits per heavy atom. The summed E-state index contributed by atoms with van der Waals surface area (Å²) in [6.07, 6.45) is 3.22. The molecule has 2 aromatic carbocycles. The van der Waals surface area contributed by atoms with Crippen LogP contribution in [0.4, 0.5) is 10.5 Å². The van der Waals surface area contributed by atoms with Gasteiger partial charge < -0.3 is 24.8 Å². The number of hydrogen-bond donors (Lipinski definition) is 2. The fourth-order valence-corrected chi connectivity index (χ4v) is 5.83. The van der Waals surface area contributed by atoms with Crippen molar-refractivity contribution in [3.63, 3.8) is 0 Å². The predicted octanol–water partition coefficient (Wildman–Crippen LogP) is 3.66. The number of fused-ring (bicyclic) bond motifs is 1. The Labute approximate surface area is 213 Å². The number of carbonyl (C=O) groups is 1. The maximum atomic E-state index is 13.5. The molecule has 0 radical (unpaired) electrons. The van der Waals surface area contributed by atoms with Crippen molar-refractivity contribution < 1.29 is 27.8 Å². The zero-order chi connectivity index (χ0) is 26.5. The third kappa shape index (κ3) is 6.18. The molecule has 1 heterocycles. The van der Waals surface area contributed by atoms with Crippen molar-refractivity contribution in [2.45, 2.75) is 37.8 Å². The van der Waals surface area contributed by atoms with Gasteiger partial charge in [0.2, 0.25) is 10.0 Å². The number of allylic oxidation sites excluding steroid dienone is 1. The average Bonchev–Trinajstić information content (AvgIpc) is 2.86. The van der Waals surface area contributed by atoms with Gasteiger partial charge in [-0.25, -0.2) is 13.2 Å². The Bertz CT molecular complexity index is 1180. The molecular formula is C26H35N3O6S. The number of hydrogen-bond acceptors (Lipinski definition) is 6. The topological polar surface area (TPSA) is 108 Å². The quantitative estimate of drug-likeness (QED) is 0.580. The van der Waals surface area contributed by atoms with Crippen LogP contribution in [0, 0.1) is 5.92 Å². The standard InChI is InChI=1S/C26H35N3O6S/c1-6-7-20-8-13-25-23(14-20)35-24(18(2)15-29(19(3)17-30)36(25,32)33)16-28(4)26(31)27-21-9-11-22(34-5)12-10-21/h6-14,18-19,24,30H,15-17H2,1-5H3,(H,27,31)/b7-6+/t18-,19+,24+/m0/s1. The van der Waals surface area contributed by atoms with Crippen molar-refractivity contribution in [1.29, 1.82) is 0 Å². The zero-order valence-electron chi connectivity index (χ0n) is 21.3. The maximum absolute atomic E-state index is 13.5. The first-order valence-corrected chi connectivity index (χ1v) is 13.3. The summed E-state index contributed by atoms with van der Waals surface area (Å²) < 4.78 is 39.8. The lowest BCUT2D eigenvalue weighted by Crippen LogP contribution is -2.50. The molecule has 2 amide bonds. The van der Waals surface area contributed by atoms with E-state index in [4.69, 9.17) is 9.47 Å². The minimum Gasteiger partial charge on any atom is -0.497 e. The van der Waals surface area contributed by atoms with Crippen LogP contribution in [0.3, 0.4) is 0 Å². The van der Waals surface area contributed by atoms with Crippen molar-refractivity contribution in [1.82, 2.24) is 9.21 Å². The number of methoxy groups -OCH3 is 1. The summed E-state index contributed by atoms with van der Waals surface area (Å²) in [5, 5.41) is 12.6. The third-order valence-electron chi connectivity index (χ3n) is 6.19. The summed E-state index contributed by atoms with van der Waals surface area (Å²) in [7, 11) is -0.676. The largest absolute Gasteiger partial charge is 0.497 e. The SMILES string of the molecule is C/C=C/c1ccc2c(c1)O[C@H](CN(C)C(=O)Nc1ccc(OC)cc1)[C@@H](C)CN([C@H](C)CO)S2(=O)=O. The van der Waals surface area contributed by atoms with Gasteiger partial charge in [0.05, 0.1) is 20.3 Å². The summed E-state index contributed by atoms with van der Waals surface area (Å²) in [4.78, 5) is 14.4. The number of rotatable bonds is 7. The van der Waals surface area contributed by atoms with E-state index in [1.54, 1.807) is 57.5 Å². The number of ether oxygens (including phenoxy) is 2. The first-order chi connectivity index (χ1) is 17.1. The minimum atomic E-state index is -3.91. The highest BCUT2D eigenvalue weighted by molar-refractivity contribution is 7.89. The Morgan fingerprint density at radius 3 is 2.61 bits per heavy atom. The Hall–Kier alpha value is -3.08. The van der Waals surface area contributed by atoms with E-state index in [1.165, 1.54) is 15.3 Å². The number of urea groups is 1. The molecule has 3 atom stereocenters. The second kappa shape index (κ2) is 11.8. The average molecular weight is 518 g/mol. The van der Waals surface area contributed by atoms with Gasteiger partial charge in [0.1, 0.15) is 22.5 Å². The Balaban J connectivity index is 1.90. The van der Waals surface area contributed by atoms with E-state index in [1.807, 2.05) is 26.0 Å². The molecular weight excluding hydrogens is 482 g/mol. The lowest BCUT2D eigenvalue weighted by molar-refractivity contribution is 0.0830. The molecule has 0 bridgehead atoms. The van der Waals surface area contributed by atoms with E-state index < -0.39 is 22.2 Å². The summed E-state index contributed by atoms with van der Waals surface area (Å²) in [6, 6.07) is 11.0. The van der Waals surface area contributed by atoms with Crippen LogP contribution >= 0.6 is 0 Å². The van der Waals surface area contributed by atoms with Crippen LogP contribution in [0.2, 0.25) is 0 Å². The molecule has 0 aromatic heterocycles. The van der Waals surface area contributed by atoms with E-state index in [0.29, 0.717) is 11.4 Å². The van der Waals surface area contributed by atoms with Gasteiger partial charge in [-0.05, 0) is 55.8 Å². The first-order valence-electron chi connectivity index (χ1n) is 11.8. The van der Waals surface area contributed by atoms with Crippen LogP contribution < -0.4 is 14.8 Å². The van der Waals surface area contributed by atoms with Gasteiger partial charge in [0.25, 0.3) is 0 Å². The smallest absolute Gasteiger partial charge is 0.321 e. The van der Waals surface area contributed by atoms with Crippen molar-refractivity contribution >= 4 is 27.8 Å². The highest BCUT2D eigenvalue weighted by atomic mass is 32.2. The number of aliphatic hydroxyl groups is 1. The third-order valence-corrected chi connectivity index (χ3v) is 8.21. The predicted molar refractivity (Wildman–Crippen MR) is 140 cm³/mol. The Kier molecular flexibility index (Phi) is 8.99. The molecule has 9 nitrogen and oxygen atoms in total. The fraction of sp³-hybridized carbons (Fsp3) is 0.423. The monoisotopic (exact) mass is 517 g/mol. The fourth-order valence-electron chi connectivity index (χ4n) is 4.00. The van der Waals surface area contributed by atoms with Gasteiger partial charge in [0.15, 0.2) is 0 Å². The molecule has 36 heavy (non-hydrogen) atoms. The highest BCUT2D eigenvalue weighted by Gasteiger charge is 2.38. The second-order valence-electron chi connectivity index (χ2n) is 8.99. The van der Waals surface area contributed by atoms with Crippen LogP contribution in [0.15, 0.2) is 53.4 Å². The molecule has 1 aliphatic rings. The summed E-state index contributed by atoms with van der Waals surface area (Å²) in [5.41, 5.74) is 1.42. The normalized spacial score (nSPS) is 20.5. The molecule has 0 saturated heterocycles. The molecule has 2 N–H and O–H groups in total. The van der Waals surface area contributed by atoms with E-state index in [2.05, 4.69) is 5.32 Å². The first kappa shape index (κ1) is 27.5. The number of amides is 2. The van der Waals surface area contributed by atoms with Crippen LogP contribution in [0.1, 0.15) is 26.3 Å². The van der Waals surface area contributed by atoms with Crippen molar-refractivity contribution in [2.75, 3.05) is 39.2 Å². The molecule has 1 aliphatic heterocycles. The van der Waals surface area contributed by atoms with Crippen LogP contribution in [-0.2, 0) is 10.0 Å². The van der Waals surface area contributed by atoms with Gasteiger partial charge in [-0.15, -0.1) is 0 Å². The number of sulfonamides is 1. The molecule has 0 fully saturated rings. The highest BCUT2D eigenvalue weighted by Crippen LogP contribution is 2.34. The summed E-state index contributed by atoms with van der Waals surface area (Å²) in [5.74, 6) is 0.635. The van der Waals surface area contributed by atoms with E-state index in [0.717, 1.165) is 5.56 Å². The van der Waals surface area contributed by atoms with Crippen molar-refractivity contribution in [2.24, 2.45) is 5.92 Å². The Morgan fingerprint density at radius 1 is 1.31 bits per heavy atom.